The van der Waals surface area contributed by atoms with Gasteiger partial charge in [-0.3, -0.25) is 0 Å². The van der Waals surface area contributed by atoms with E-state index in [1.165, 1.54) is 4.68 Å². The SMILES string of the molecule is Cc1cnn(-c2nnc(C)c(C)c2C(=O)O)c1. The zero-order valence-electron chi connectivity index (χ0n) is 9.80. The molecule has 0 bridgehead atoms. The van der Waals surface area contributed by atoms with Crippen molar-refractivity contribution in [2.75, 3.05) is 0 Å². The normalized spacial score (nSPS) is 10.5. The number of rotatable bonds is 2. The molecule has 0 aliphatic rings. The highest BCUT2D eigenvalue weighted by Gasteiger charge is 2.19. The van der Waals surface area contributed by atoms with Gasteiger partial charge < -0.3 is 5.11 Å². The number of carbonyl (C=O) groups is 1. The first-order chi connectivity index (χ1) is 8.00. The van der Waals surface area contributed by atoms with Gasteiger partial charge in [0, 0.05) is 6.20 Å². The van der Waals surface area contributed by atoms with Crippen molar-refractivity contribution in [3.8, 4) is 5.82 Å². The van der Waals surface area contributed by atoms with Crippen LogP contribution in [0.2, 0.25) is 0 Å². The number of aromatic carboxylic acids is 1. The van der Waals surface area contributed by atoms with Gasteiger partial charge in [0.1, 0.15) is 5.56 Å². The Morgan fingerprint density at radius 2 is 2.00 bits per heavy atom. The molecule has 0 aliphatic heterocycles. The molecule has 0 radical (unpaired) electrons. The van der Waals surface area contributed by atoms with Crippen LogP contribution in [0.3, 0.4) is 0 Å². The Labute approximate surface area is 97.9 Å². The number of hydrogen-bond acceptors (Lipinski definition) is 4. The van der Waals surface area contributed by atoms with Crippen LogP contribution in [0.4, 0.5) is 0 Å². The second-order valence-electron chi connectivity index (χ2n) is 3.88. The second kappa shape index (κ2) is 3.97. The summed E-state index contributed by atoms with van der Waals surface area (Å²) in [5.74, 6) is -0.780. The summed E-state index contributed by atoms with van der Waals surface area (Å²) >= 11 is 0. The Bertz CT molecular complexity index is 589. The highest BCUT2D eigenvalue weighted by atomic mass is 16.4. The van der Waals surface area contributed by atoms with Crippen LogP contribution in [0.25, 0.3) is 5.82 Å². The number of carboxylic acids is 1. The van der Waals surface area contributed by atoms with E-state index in [1.54, 1.807) is 26.2 Å². The molecular formula is C11H12N4O2. The van der Waals surface area contributed by atoms with Crippen LogP contribution in [0, 0.1) is 20.8 Å². The van der Waals surface area contributed by atoms with Crippen molar-refractivity contribution in [3.05, 3.63) is 34.8 Å². The van der Waals surface area contributed by atoms with Gasteiger partial charge in [-0.2, -0.15) is 10.2 Å². The van der Waals surface area contributed by atoms with Gasteiger partial charge in [-0.05, 0) is 31.9 Å². The minimum Gasteiger partial charge on any atom is -0.478 e. The first-order valence-corrected chi connectivity index (χ1v) is 5.09. The van der Waals surface area contributed by atoms with E-state index in [4.69, 9.17) is 0 Å². The maximum absolute atomic E-state index is 11.3. The summed E-state index contributed by atoms with van der Waals surface area (Å²) in [6.07, 6.45) is 3.35. The predicted octanol–water partition coefficient (Wildman–Crippen LogP) is 1.29. The molecule has 2 aromatic heterocycles. The maximum atomic E-state index is 11.3. The molecule has 0 atom stereocenters. The Balaban J connectivity index is 2.70. The first kappa shape index (κ1) is 11.3. The van der Waals surface area contributed by atoms with Crippen LogP contribution < -0.4 is 0 Å². The molecular weight excluding hydrogens is 220 g/mol. The van der Waals surface area contributed by atoms with Gasteiger partial charge in [0.2, 0.25) is 0 Å². The van der Waals surface area contributed by atoms with E-state index < -0.39 is 5.97 Å². The lowest BCUT2D eigenvalue weighted by atomic mass is 10.1. The predicted molar refractivity (Wildman–Crippen MR) is 60.3 cm³/mol. The quantitative estimate of drug-likeness (QED) is 0.843. The molecule has 2 aromatic rings. The molecule has 0 aromatic carbocycles. The molecule has 88 valence electrons. The van der Waals surface area contributed by atoms with E-state index in [0.29, 0.717) is 11.3 Å². The van der Waals surface area contributed by atoms with Crippen molar-refractivity contribution in [3.63, 3.8) is 0 Å². The maximum Gasteiger partial charge on any atom is 0.339 e. The lowest BCUT2D eigenvalue weighted by Gasteiger charge is -2.08. The fraction of sp³-hybridized carbons (Fsp3) is 0.273. The third-order valence-corrected chi connectivity index (χ3v) is 2.58. The van der Waals surface area contributed by atoms with Crippen molar-refractivity contribution in [1.29, 1.82) is 0 Å². The van der Waals surface area contributed by atoms with Gasteiger partial charge in [0.25, 0.3) is 0 Å². The summed E-state index contributed by atoms with van der Waals surface area (Å²) in [4.78, 5) is 11.3. The third kappa shape index (κ3) is 1.89. The highest BCUT2D eigenvalue weighted by molar-refractivity contribution is 5.92. The van der Waals surface area contributed by atoms with E-state index >= 15 is 0 Å². The van der Waals surface area contributed by atoms with Gasteiger partial charge in [0.15, 0.2) is 5.82 Å². The molecule has 2 heterocycles. The minimum atomic E-state index is -1.02. The molecule has 1 N–H and O–H groups in total. The number of aromatic nitrogens is 4. The molecule has 0 aliphatic carbocycles. The number of hydrogen-bond donors (Lipinski definition) is 1. The lowest BCUT2D eigenvalue weighted by molar-refractivity contribution is 0.0695. The molecule has 0 fully saturated rings. The van der Waals surface area contributed by atoms with Gasteiger partial charge in [-0.25, -0.2) is 9.48 Å². The van der Waals surface area contributed by atoms with E-state index in [-0.39, 0.29) is 11.4 Å². The fourth-order valence-electron chi connectivity index (χ4n) is 1.54. The average molecular weight is 232 g/mol. The lowest BCUT2D eigenvalue weighted by Crippen LogP contribution is -2.13. The van der Waals surface area contributed by atoms with E-state index in [2.05, 4.69) is 15.3 Å². The van der Waals surface area contributed by atoms with Crippen molar-refractivity contribution >= 4 is 5.97 Å². The average Bonchev–Trinajstić information content (AvgIpc) is 2.68. The van der Waals surface area contributed by atoms with Crippen molar-refractivity contribution < 1.29 is 9.90 Å². The van der Waals surface area contributed by atoms with Gasteiger partial charge in [-0.1, -0.05) is 0 Å². The Hall–Kier alpha value is -2.24. The monoisotopic (exact) mass is 232 g/mol. The highest BCUT2D eigenvalue weighted by Crippen LogP contribution is 2.17. The largest absolute Gasteiger partial charge is 0.478 e. The van der Waals surface area contributed by atoms with Gasteiger partial charge >= 0.3 is 5.97 Å². The van der Waals surface area contributed by atoms with Crippen LogP contribution in [0.1, 0.15) is 27.2 Å². The van der Waals surface area contributed by atoms with Crippen LogP contribution >= 0.6 is 0 Å². The third-order valence-electron chi connectivity index (χ3n) is 2.58. The minimum absolute atomic E-state index is 0.139. The standard InChI is InChI=1S/C11H12N4O2/c1-6-4-12-15(5-6)10-9(11(16)17)7(2)8(3)13-14-10/h4-5H,1-3H3,(H,16,17). The van der Waals surface area contributed by atoms with E-state index in [1.807, 2.05) is 6.92 Å². The van der Waals surface area contributed by atoms with Crippen LogP contribution in [-0.2, 0) is 0 Å². The first-order valence-electron chi connectivity index (χ1n) is 5.09. The number of carboxylic acid groups (broad SMARTS) is 1. The molecule has 0 saturated carbocycles. The molecule has 0 saturated heterocycles. The van der Waals surface area contributed by atoms with Crippen LogP contribution in [0.15, 0.2) is 12.4 Å². The zero-order valence-corrected chi connectivity index (χ0v) is 9.80. The van der Waals surface area contributed by atoms with Crippen LogP contribution in [-0.4, -0.2) is 31.1 Å². The number of aryl methyl sites for hydroxylation is 2. The number of nitrogens with zero attached hydrogens (tertiary/aromatic N) is 4. The molecule has 0 amide bonds. The summed E-state index contributed by atoms with van der Waals surface area (Å²) in [5, 5.41) is 21.1. The zero-order chi connectivity index (χ0) is 12.6. The smallest absolute Gasteiger partial charge is 0.339 e. The Morgan fingerprint density at radius 3 is 2.53 bits per heavy atom. The molecule has 6 nitrogen and oxygen atoms in total. The van der Waals surface area contributed by atoms with Gasteiger partial charge in [-0.15, -0.1) is 5.10 Å². The van der Waals surface area contributed by atoms with E-state index in [9.17, 15) is 9.90 Å². The van der Waals surface area contributed by atoms with Crippen LogP contribution in [0.5, 0.6) is 0 Å². The van der Waals surface area contributed by atoms with E-state index in [0.717, 1.165) is 5.56 Å². The summed E-state index contributed by atoms with van der Waals surface area (Å²) in [6, 6.07) is 0. The Morgan fingerprint density at radius 1 is 1.29 bits per heavy atom. The second-order valence-corrected chi connectivity index (χ2v) is 3.88. The molecule has 0 unspecified atom stereocenters. The molecule has 6 heteroatoms. The van der Waals surface area contributed by atoms with Crippen molar-refractivity contribution in [2.24, 2.45) is 0 Å². The summed E-state index contributed by atoms with van der Waals surface area (Å²) in [6.45, 7) is 5.32. The van der Waals surface area contributed by atoms with Crippen molar-refractivity contribution in [2.45, 2.75) is 20.8 Å². The van der Waals surface area contributed by atoms with Gasteiger partial charge in [0.05, 0.1) is 11.9 Å². The topological polar surface area (TPSA) is 80.9 Å². The fourth-order valence-corrected chi connectivity index (χ4v) is 1.54. The summed E-state index contributed by atoms with van der Waals surface area (Å²) in [5.41, 5.74) is 2.28. The molecule has 17 heavy (non-hydrogen) atoms. The summed E-state index contributed by atoms with van der Waals surface area (Å²) < 4.78 is 1.43. The summed E-state index contributed by atoms with van der Waals surface area (Å²) in [7, 11) is 0. The molecule has 0 spiro atoms. The molecule has 2 rings (SSSR count). The van der Waals surface area contributed by atoms with Crippen molar-refractivity contribution in [1.82, 2.24) is 20.0 Å². The Kier molecular flexibility index (Phi) is 2.63.